The quantitative estimate of drug-likeness (QED) is 0.362. The Hall–Kier alpha value is -4.47. The predicted molar refractivity (Wildman–Crippen MR) is 125 cm³/mol. The van der Waals surface area contributed by atoms with Gasteiger partial charge in [0.2, 0.25) is 15.9 Å². The molecule has 2 heterocycles. The van der Waals surface area contributed by atoms with Crippen molar-refractivity contribution in [2.45, 2.75) is 24.4 Å². The lowest BCUT2D eigenvalue weighted by Gasteiger charge is -2.22. The number of pyridine rings is 1. The summed E-state index contributed by atoms with van der Waals surface area (Å²) in [5.74, 6) is -0.0309. The Morgan fingerprint density at radius 3 is 2.43 bits per heavy atom. The lowest BCUT2D eigenvalue weighted by atomic mass is 10.2. The summed E-state index contributed by atoms with van der Waals surface area (Å²) in [6, 6.07) is 19.9. The van der Waals surface area contributed by atoms with E-state index in [1.165, 1.54) is 28.6 Å². The molecule has 12 heteroatoms. The van der Waals surface area contributed by atoms with Crippen LogP contribution < -0.4 is 5.32 Å². The van der Waals surface area contributed by atoms with Crippen molar-refractivity contribution < 1.29 is 13.2 Å². The highest BCUT2D eigenvalue weighted by molar-refractivity contribution is 7.89. The van der Waals surface area contributed by atoms with E-state index in [9.17, 15) is 13.2 Å². The second kappa shape index (κ2) is 10.6. The van der Waals surface area contributed by atoms with Crippen LogP contribution in [0.5, 0.6) is 0 Å². The fourth-order valence-corrected chi connectivity index (χ4v) is 4.65. The van der Waals surface area contributed by atoms with Crippen molar-refractivity contribution in [3.63, 3.8) is 0 Å². The zero-order valence-electron chi connectivity index (χ0n) is 18.4. The summed E-state index contributed by atoms with van der Waals surface area (Å²) >= 11 is 0. The lowest BCUT2D eigenvalue weighted by Crippen LogP contribution is -2.30. The van der Waals surface area contributed by atoms with Crippen LogP contribution in [0.15, 0.2) is 77.8 Å². The molecule has 2 N–H and O–H groups in total. The average molecular weight is 489 g/mol. The van der Waals surface area contributed by atoms with Crippen LogP contribution in [0.4, 0.5) is 5.69 Å². The Labute approximate surface area is 201 Å². The van der Waals surface area contributed by atoms with Crippen molar-refractivity contribution >= 4 is 21.6 Å². The molecule has 0 radical (unpaired) electrons. The van der Waals surface area contributed by atoms with Crippen molar-refractivity contribution in [3.8, 4) is 6.07 Å². The van der Waals surface area contributed by atoms with Crippen molar-refractivity contribution in [1.82, 2.24) is 29.9 Å². The topological polar surface area (TPSA) is 158 Å². The van der Waals surface area contributed by atoms with Crippen LogP contribution >= 0.6 is 0 Å². The van der Waals surface area contributed by atoms with Gasteiger partial charge < -0.3 is 5.32 Å². The molecule has 0 saturated heterocycles. The number of aromatic amines is 1. The average Bonchev–Trinajstić information content (AvgIpc) is 3.38. The van der Waals surface area contributed by atoms with Gasteiger partial charge in [0.05, 0.1) is 35.2 Å². The van der Waals surface area contributed by atoms with Crippen LogP contribution in [0.2, 0.25) is 0 Å². The van der Waals surface area contributed by atoms with E-state index in [0.29, 0.717) is 22.5 Å². The molecule has 1 amide bonds. The number of H-pyrrole nitrogens is 1. The number of nitrogens with one attached hydrogen (secondary N) is 2. The molecular formula is C23H20N8O3S. The summed E-state index contributed by atoms with van der Waals surface area (Å²) in [6.07, 6.45) is 1.58. The van der Waals surface area contributed by atoms with E-state index in [2.05, 4.69) is 30.9 Å². The third-order valence-corrected chi connectivity index (χ3v) is 6.80. The number of hydrogen-bond acceptors (Lipinski definition) is 8. The van der Waals surface area contributed by atoms with Crippen molar-refractivity contribution in [2.24, 2.45) is 0 Å². The fraction of sp³-hybridized carbons (Fsp3) is 0.130. The number of amides is 1. The highest BCUT2D eigenvalue weighted by Crippen LogP contribution is 2.22. The van der Waals surface area contributed by atoms with Gasteiger partial charge in [-0.3, -0.25) is 9.78 Å². The van der Waals surface area contributed by atoms with Gasteiger partial charge in [-0.25, -0.2) is 8.42 Å². The molecule has 0 spiro atoms. The van der Waals surface area contributed by atoms with Gasteiger partial charge in [0.1, 0.15) is 0 Å². The Balaban J connectivity index is 1.52. The first-order chi connectivity index (χ1) is 16.9. The lowest BCUT2D eigenvalue weighted by molar-refractivity contribution is -0.115. The number of benzene rings is 2. The molecule has 0 aliphatic carbocycles. The van der Waals surface area contributed by atoms with E-state index < -0.39 is 10.0 Å². The molecule has 0 unspecified atom stereocenters. The highest BCUT2D eigenvalue weighted by atomic mass is 32.2. The maximum Gasteiger partial charge on any atom is 0.243 e. The third-order valence-electron chi connectivity index (χ3n) is 4.99. The van der Waals surface area contributed by atoms with Crippen LogP contribution in [0.25, 0.3) is 0 Å². The van der Waals surface area contributed by atoms with Gasteiger partial charge in [0.25, 0.3) is 0 Å². The number of tetrazole rings is 1. The van der Waals surface area contributed by atoms with Crippen LogP contribution in [-0.2, 0) is 34.3 Å². The summed E-state index contributed by atoms with van der Waals surface area (Å²) < 4.78 is 28.2. The first kappa shape index (κ1) is 23.7. The van der Waals surface area contributed by atoms with Gasteiger partial charge in [0.15, 0.2) is 5.82 Å². The zero-order chi connectivity index (χ0) is 24.7. The number of rotatable bonds is 9. The van der Waals surface area contributed by atoms with Crippen LogP contribution in [0, 0.1) is 11.3 Å². The minimum Gasteiger partial charge on any atom is -0.326 e. The van der Waals surface area contributed by atoms with E-state index in [4.69, 9.17) is 5.26 Å². The number of sulfonamides is 1. The Kier molecular flexibility index (Phi) is 7.20. The first-order valence-corrected chi connectivity index (χ1v) is 11.9. The highest BCUT2D eigenvalue weighted by Gasteiger charge is 2.25. The number of anilines is 1. The van der Waals surface area contributed by atoms with Crippen LogP contribution in [0.1, 0.15) is 22.6 Å². The molecule has 0 aliphatic heterocycles. The molecule has 2 aromatic carbocycles. The van der Waals surface area contributed by atoms with E-state index in [0.717, 1.165) is 0 Å². The van der Waals surface area contributed by atoms with Gasteiger partial charge in [-0.1, -0.05) is 23.4 Å². The number of nitriles is 1. The van der Waals surface area contributed by atoms with E-state index >= 15 is 0 Å². The largest absolute Gasteiger partial charge is 0.326 e. The molecule has 4 rings (SSSR count). The minimum atomic E-state index is -3.89. The van der Waals surface area contributed by atoms with Gasteiger partial charge in [-0.2, -0.15) is 14.8 Å². The summed E-state index contributed by atoms with van der Waals surface area (Å²) in [7, 11) is -3.89. The third kappa shape index (κ3) is 6.11. The Bertz CT molecular complexity index is 1420. The molecule has 0 bridgehead atoms. The maximum absolute atomic E-state index is 13.4. The number of nitrogens with zero attached hydrogens (tertiary/aromatic N) is 6. The van der Waals surface area contributed by atoms with Crippen molar-refractivity contribution in [1.29, 1.82) is 5.26 Å². The molecule has 4 aromatic rings. The molecule has 0 fully saturated rings. The first-order valence-electron chi connectivity index (χ1n) is 10.5. The van der Waals surface area contributed by atoms with Crippen LogP contribution in [0.3, 0.4) is 0 Å². The number of hydrogen-bond donors (Lipinski definition) is 2. The fourth-order valence-electron chi connectivity index (χ4n) is 3.25. The second-order valence-electron chi connectivity index (χ2n) is 7.48. The molecule has 11 nitrogen and oxygen atoms in total. The zero-order valence-corrected chi connectivity index (χ0v) is 19.2. The number of carbonyl (C=O) groups excluding carboxylic acids is 1. The van der Waals surface area contributed by atoms with E-state index in [-0.39, 0.29) is 36.1 Å². The van der Waals surface area contributed by atoms with Gasteiger partial charge in [0, 0.05) is 18.4 Å². The molecule has 35 heavy (non-hydrogen) atoms. The van der Waals surface area contributed by atoms with Gasteiger partial charge in [-0.05, 0) is 54.1 Å². The molecule has 176 valence electrons. The smallest absolute Gasteiger partial charge is 0.243 e. The normalized spacial score (nSPS) is 11.2. The SMILES string of the molecule is N#Cc1ccc(S(=O)(=O)N(Cc2ccc(NC(=O)Cc3nn[nH]n3)cc2)Cc2ccccn2)cc1. The van der Waals surface area contributed by atoms with Gasteiger partial charge in [-0.15, -0.1) is 10.2 Å². The van der Waals surface area contributed by atoms with Gasteiger partial charge >= 0.3 is 0 Å². The maximum atomic E-state index is 13.4. The summed E-state index contributed by atoms with van der Waals surface area (Å²) in [5, 5.41) is 24.9. The molecule has 2 aromatic heterocycles. The summed E-state index contributed by atoms with van der Waals surface area (Å²) in [6.45, 7) is 0.141. The predicted octanol–water partition coefficient (Wildman–Crippen LogP) is 2.04. The minimum absolute atomic E-state index is 0.0288. The second-order valence-corrected chi connectivity index (χ2v) is 9.42. The van der Waals surface area contributed by atoms with Crippen molar-refractivity contribution in [3.05, 3.63) is 95.6 Å². The molecule has 0 saturated carbocycles. The van der Waals surface area contributed by atoms with E-state index in [1.54, 1.807) is 48.7 Å². The monoisotopic (exact) mass is 488 g/mol. The molecule has 0 atom stereocenters. The Morgan fingerprint density at radius 2 is 1.80 bits per heavy atom. The van der Waals surface area contributed by atoms with E-state index in [1.807, 2.05) is 6.07 Å². The van der Waals surface area contributed by atoms with Crippen molar-refractivity contribution in [2.75, 3.05) is 5.32 Å². The molecule has 0 aliphatic rings. The molecular weight excluding hydrogens is 468 g/mol. The number of aromatic nitrogens is 5. The number of carbonyl (C=O) groups is 1. The summed E-state index contributed by atoms with van der Waals surface area (Å²) in [4.78, 5) is 16.5. The van der Waals surface area contributed by atoms with Crippen LogP contribution in [-0.4, -0.2) is 44.2 Å². The standard InChI is InChI=1S/C23H20N8O3S/c24-14-17-6-10-21(11-7-17)35(33,34)31(16-20-3-1-2-12-25-20)15-18-4-8-19(9-5-18)26-23(32)13-22-27-29-30-28-22/h1-12H,13,15-16H2,(H,26,32)(H,27,28,29,30). The summed E-state index contributed by atoms with van der Waals surface area (Å²) in [5.41, 5.74) is 2.23. The Morgan fingerprint density at radius 1 is 1.03 bits per heavy atom.